The molecule has 0 saturated heterocycles. The van der Waals surface area contributed by atoms with Crippen LogP contribution in [0.2, 0.25) is 0 Å². The van der Waals surface area contributed by atoms with Gasteiger partial charge in [-0.05, 0) is 36.3 Å². The maximum Gasteiger partial charge on any atom is 0.227 e. The molecule has 29 heavy (non-hydrogen) atoms. The summed E-state index contributed by atoms with van der Waals surface area (Å²) in [5, 5.41) is 0. The van der Waals surface area contributed by atoms with Gasteiger partial charge < -0.3 is 9.15 Å². The first-order chi connectivity index (χ1) is 13.9. The van der Waals surface area contributed by atoms with E-state index in [0.717, 1.165) is 25.9 Å². The number of ether oxygens (including phenoxy) is 1. The fraction of sp³-hybridized carbons (Fsp3) is 0.476. The van der Waals surface area contributed by atoms with E-state index in [9.17, 15) is 13.2 Å². The molecule has 1 fully saturated rings. The van der Waals surface area contributed by atoms with Crippen LogP contribution >= 0.6 is 0 Å². The van der Waals surface area contributed by atoms with Crippen LogP contribution in [0.5, 0.6) is 5.75 Å². The summed E-state index contributed by atoms with van der Waals surface area (Å²) in [4.78, 5) is 14.6. The highest BCUT2D eigenvalue weighted by Gasteiger charge is 2.27. The molecule has 7 nitrogen and oxygen atoms in total. The molecule has 2 aromatic rings. The van der Waals surface area contributed by atoms with Crippen LogP contribution in [0.3, 0.4) is 0 Å². The summed E-state index contributed by atoms with van der Waals surface area (Å²) < 4.78 is 36.6. The molecule has 2 heterocycles. The second kappa shape index (κ2) is 8.30. The third-order valence-corrected chi connectivity index (χ3v) is 6.30. The van der Waals surface area contributed by atoms with Gasteiger partial charge in [0.25, 0.3) is 0 Å². The van der Waals surface area contributed by atoms with E-state index in [1.54, 1.807) is 0 Å². The van der Waals surface area contributed by atoms with E-state index in [1.807, 2.05) is 12.1 Å². The quantitative estimate of drug-likeness (QED) is 0.742. The summed E-state index contributed by atoms with van der Waals surface area (Å²) >= 11 is 0. The number of sulfonamides is 1. The van der Waals surface area contributed by atoms with Gasteiger partial charge in [0.05, 0.1) is 19.4 Å². The number of nitrogens with one attached hydrogen (secondary N) is 1. The molecule has 0 amide bonds. The minimum atomic E-state index is -3.20. The molecule has 2 aliphatic rings. The van der Waals surface area contributed by atoms with Crippen molar-refractivity contribution in [3.63, 3.8) is 0 Å². The van der Waals surface area contributed by atoms with Gasteiger partial charge in [0, 0.05) is 25.2 Å². The topological polar surface area (TPSA) is 88.8 Å². The van der Waals surface area contributed by atoms with Crippen LogP contribution in [0.15, 0.2) is 45.8 Å². The molecule has 0 bridgehead atoms. The lowest BCUT2D eigenvalue weighted by Gasteiger charge is -2.15. The molecule has 0 spiro atoms. The zero-order chi connectivity index (χ0) is 20.4. The lowest BCUT2D eigenvalue weighted by atomic mass is 10.1. The summed E-state index contributed by atoms with van der Waals surface area (Å²) in [6, 6.07) is 9.78. The van der Waals surface area contributed by atoms with Crippen molar-refractivity contribution in [1.82, 2.24) is 9.62 Å². The Bertz CT molecular complexity index is 1010. The molecule has 2 atom stereocenters. The molecule has 1 saturated carbocycles. The van der Waals surface area contributed by atoms with Crippen molar-refractivity contribution in [3.8, 4) is 5.75 Å². The zero-order valence-electron chi connectivity index (χ0n) is 16.5. The molecule has 1 N–H and O–H groups in total. The highest BCUT2D eigenvalue weighted by molar-refractivity contribution is 7.88. The van der Waals surface area contributed by atoms with Crippen molar-refractivity contribution in [2.75, 3.05) is 12.9 Å². The van der Waals surface area contributed by atoms with Gasteiger partial charge in [-0.2, -0.15) is 0 Å². The van der Waals surface area contributed by atoms with E-state index < -0.39 is 10.0 Å². The highest BCUT2D eigenvalue weighted by atomic mass is 32.2. The fourth-order valence-electron chi connectivity index (χ4n) is 4.21. The summed E-state index contributed by atoms with van der Waals surface area (Å²) in [6.07, 6.45) is 4.93. The first-order valence-corrected chi connectivity index (χ1v) is 11.8. The van der Waals surface area contributed by atoms with E-state index in [1.165, 1.54) is 29.7 Å². The van der Waals surface area contributed by atoms with Gasteiger partial charge in [0.15, 0.2) is 0 Å². The van der Waals surface area contributed by atoms with Crippen molar-refractivity contribution < 1.29 is 17.6 Å². The Morgan fingerprint density at radius 3 is 2.59 bits per heavy atom. The lowest BCUT2D eigenvalue weighted by molar-refractivity contribution is 0.228. The van der Waals surface area contributed by atoms with Gasteiger partial charge in [-0.1, -0.05) is 24.3 Å². The van der Waals surface area contributed by atoms with Crippen LogP contribution in [-0.2, 0) is 29.7 Å². The van der Waals surface area contributed by atoms with Crippen LogP contribution < -0.4 is 14.9 Å². The third kappa shape index (κ3) is 5.26. The average molecular weight is 419 g/mol. The third-order valence-electron chi connectivity index (χ3n) is 5.53. The Morgan fingerprint density at radius 2 is 1.93 bits per heavy atom. The first-order valence-electron chi connectivity index (χ1n) is 9.87. The summed E-state index contributed by atoms with van der Waals surface area (Å²) in [5.41, 5.74) is 2.44. The van der Waals surface area contributed by atoms with Gasteiger partial charge in [-0.3, -0.25) is 9.69 Å². The van der Waals surface area contributed by atoms with E-state index in [0.29, 0.717) is 25.3 Å². The second-order valence-electron chi connectivity index (χ2n) is 8.07. The van der Waals surface area contributed by atoms with E-state index in [4.69, 9.17) is 9.15 Å². The standard InChI is InChI=1S/C21H26N2O5S/c1-29(25,26)22-18-7-6-15(8-18)13-28-21-14-27-19(9-20(21)24)12-23-10-16-4-2-3-5-17(16)11-23/h2-5,9,14-15,18,22H,6-8,10-13H2,1H3/t15?,18-/m1/s1. The second-order valence-corrected chi connectivity index (χ2v) is 9.85. The van der Waals surface area contributed by atoms with Crippen LogP contribution in [-0.4, -0.2) is 32.2 Å². The zero-order valence-corrected chi connectivity index (χ0v) is 17.3. The van der Waals surface area contributed by atoms with Crippen LogP contribution in [0.1, 0.15) is 36.1 Å². The molecule has 4 rings (SSSR count). The highest BCUT2D eigenvalue weighted by Crippen LogP contribution is 2.27. The largest absolute Gasteiger partial charge is 0.486 e. The molecule has 1 aliphatic carbocycles. The molecular weight excluding hydrogens is 392 g/mol. The minimum absolute atomic E-state index is 0.0537. The van der Waals surface area contributed by atoms with Gasteiger partial charge >= 0.3 is 0 Å². The van der Waals surface area contributed by atoms with Gasteiger partial charge in [-0.25, -0.2) is 13.1 Å². The number of fused-ring (bicyclic) bond motifs is 1. The molecule has 1 aromatic carbocycles. The van der Waals surface area contributed by atoms with E-state index >= 15 is 0 Å². The van der Waals surface area contributed by atoms with Gasteiger partial charge in [-0.15, -0.1) is 0 Å². The van der Waals surface area contributed by atoms with Crippen molar-refractivity contribution >= 4 is 10.0 Å². The number of benzene rings is 1. The predicted octanol–water partition coefficient (Wildman–Crippen LogP) is 2.25. The normalized spacial score (nSPS) is 22.0. The molecule has 8 heteroatoms. The van der Waals surface area contributed by atoms with Crippen molar-refractivity contribution in [2.24, 2.45) is 5.92 Å². The Balaban J connectivity index is 1.29. The van der Waals surface area contributed by atoms with Crippen molar-refractivity contribution in [3.05, 3.63) is 63.7 Å². The Hall–Kier alpha value is -2.16. The van der Waals surface area contributed by atoms with Crippen molar-refractivity contribution in [1.29, 1.82) is 0 Å². The maximum atomic E-state index is 12.4. The number of hydrogen-bond donors (Lipinski definition) is 1. The Labute approximate surface area is 170 Å². The summed E-state index contributed by atoms with van der Waals surface area (Å²) in [7, 11) is -3.20. The first kappa shape index (κ1) is 20.1. The molecule has 156 valence electrons. The summed E-state index contributed by atoms with van der Waals surface area (Å²) in [5.74, 6) is 1.04. The monoisotopic (exact) mass is 418 g/mol. The van der Waals surface area contributed by atoms with Crippen LogP contribution in [0.25, 0.3) is 0 Å². The van der Waals surface area contributed by atoms with E-state index in [-0.39, 0.29) is 23.1 Å². The number of nitrogens with zero attached hydrogens (tertiary/aromatic N) is 1. The van der Waals surface area contributed by atoms with Crippen LogP contribution in [0.4, 0.5) is 0 Å². The maximum absolute atomic E-state index is 12.4. The fourth-order valence-corrected chi connectivity index (χ4v) is 5.03. The van der Waals surface area contributed by atoms with Gasteiger partial charge in [0.2, 0.25) is 21.2 Å². The molecule has 1 aliphatic heterocycles. The molecular formula is C21H26N2O5S. The molecule has 0 radical (unpaired) electrons. The smallest absolute Gasteiger partial charge is 0.227 e. The lowest BCUT2D eigenvalue weighted by Crippen LogP contribution is -2.32. The van der Waals surface area contributed by atoms with E-state index in [2.05, 4.69) is 21.8 Å². The van der Waals surface area contributed by atoms with Gasteiger partial charge in [0.1, 0.15) is 12.0 Å². The minimum Gasteiger partial charge on any atom is -0.486 e. The molecule has 1 aromatic heterocycles. The predicted molar refractivity (Wildman–Crippen MR) is 109 cm³/mol. The Morgan fingerprint density at radius 1 is 1.21 bits per heavy atom. The number of rotatable bonds is 7. The Kier molecular flexibility index (Phi) is 5.76. The summed E-state index contributed by atoms with van der Waals surface area (Å²) in [6.45, 7) is 2.66. The number of hydrogen-bond acceptors (Lipinski definition) is 6. The average Bonchev–Trinajstić information content (AvgIpc) is 3.25. The molecule has 1 unspecified atom stereocenters. The van der Waals surface area contributed by atoms with Crippen LogP contribution in [0, 0.1) is 5.92 Å². The van der Waals surface area contributed by atoms with Crippen molar-refractivity contribution in [2.45, 2.75) is 44.9 Å². The SMILES string of the molecule is CS(=O)(=O)N[C@@H]1CCC(COc2coc(CN3Cc4ccccc4C3)cc2=O)C1.